The summed E-state index contributed by atoms with van der Waals surface area (Å²) in [6.45, 7) is 1.89. The zero-order valence-electron chi connectivity index (χ0n) is 14.3. The minimum absolute atomic E-state index is 0.148. The molecular formula is C20H25N3O2. The van der Waals surface area contributed by atoms with Crippen molar-refractivity contribution in [3.8, 4) is 0 Å². The Morgan fingerprint density at radius 3 is 2.40 bits per heavy atom. The van der Waals surface area contributed by atoms with Crippen molar-refractivity contribution in [2.45, 2.75) is 25.3 Å². The molecule has 1 atom stereocenters. The number of para-hydroxylation sites is 2. The predicted octanol–water partition coefficient (Wildman–Crippen LogP) is 3.53. The molecule has 1 aliphatic rings. The Bertz CT molecular complexity index is 684. The largest absolute Gasteiger partial charge is 0.394 e. The molecule has 1 unspecified atom stereocenters. The topological polar surface area (TPSA) is 64.6 Å². The number of aliphatic hydroxyl groups excluding tert-OH is 1. The second-order valence-corrected chi connectivity index (χ2v) is 6.31. The van der Waals surface area contributed by atoms with E-state index in [1.54, 1.807) is 0 Å². The monoisotopic (exact) mass is 339 g/mol. The number of benzene rings is 2. The Labute approximate surface area is 148 Å². The van der Waals surface area contributed by atoms with Crippen LogP contribution in [0.5, 0.6) is 0 Å². The Balaban J connectivity index is 1.68. The Hall–Kier alpha value is -2.53. The number of nitrogens with one attached hydrogen (secondary N) is 2. The summed E-state index contributed by atoms with van der Waals surface area (Å²) in [4.78, 5) is 14.8. The third-order valence-corrected chi connectivity index (χ3v) is 4.54. The first-order valence-electron chi connectivity index (χ1n) is 8.85. The minimum Gasteiger partial charge on any atom is -0.394 e. The van der Waals surface area contributed by atoms with Crippen molar-refractivity contribution in [3.05, 3.63) is 60.2 Å². The molecule has 0 aromatic heterocycles. The van der Waals surface area contributed by atoms with Crippen LogP contribution in [0.4, 0.5) is 16.2 Å². The lowest BCUT2D eigenvalue weighted by atomic mass is 10.1. The number of rotatable bonds is 5. The molecule has 1 heterocycles. The van der Waals surface area contributed by atoms with E-state index in [0.717, 1.165) is 30.0 Å². The van der Waals surface area contributed by atoms with E-state index in [9.17, 15) is 9.90 Å². The summed E-state index contributed by atoms with van der Waals surface area (Å²) in [7, 11) is 0. The molecule has 0 bridgehead atoms. The van der Waals surface area contributed by atoms with Gasteiger partial charge in [-0.3, -0.25) is 0 Å². The average Bonchev–Trinajstić information content (AvgIpc) is 2.68. The number of urea groups is 1. The molecule has 0 saturated carbocycles. The van der Waals surface area contributed by atoms with E-state index in [0.29, 0.717) is 0 Å². The fourth-order valence-corrected chi connectivity index (χ4v) is 3.23. The lowest BCUT2D eigenvalue weighted by molar-refractivity contribution is 0.225. The van der Waals surface area contributed by atoms with Crippen molar-refractivity contribution >= 4 is 17.4 Å². The summed E-state index contributed by atoms with van der Waals surface area (Å²) < 4.78 is 0. The Morgan fingerprint density at radius 1 is 1.00 bits per heavy atom. The molecule has 3 N–H and O–H groups in total. The van der Waals surface area contributed by atoms with E-state index in [2.05, 4.69) is 15.5 Å². The molecule has 5 nitrogen and oxygen atoms in total. The number of anilines is 2. The van der Waals surface area contributed by atoms with Gasteiger partial charge in [0.25, 0.3) is 0 Å². The van der Waals surface area contributed by atoms with Gasteiger partial charge in [0.2, 0.25) is 0 Å². The molecule has 132 valence electrons. The highest BCUT2D eigenvalue weighted by Crippen LogP contribution is 2.28. The SMILES string of the molecule is O=C(Nc1ccccc1N1CCCCC1)NC(CO)c1ccccc1. The van der Waals surface area contributed by atoms with E-state index in [1.165, 1.54) is 19.3 Å². The van der Waals surface area contributed by atoms with Gasteiger partial charge in [0.1, 0.15) is 0 Å². The quantitative estimate of drug-likeness (QED) is 0.781. The number of carbonyl (C=O) groups excluding carboxylic acids is 1. The summed E-state index contributed by atoms with van der Waals surface area (Å²) in [6.07, 6.45) is 3.63. The fraction of sp³-hybridized carbons (Fsp3) is 0.350. The summed E-state index contributed by atoms with van der Waals surface area (Å²) >= 11 is 0. The standard InChI is InChI=1S/C20H25N3O2/c24-15-18(16-9-3-1-4-10-16)22-20(25)21-17-11-5-6-12-19(17)23-13-7-2-8-14-23/h1,3-6,9-12,18,24H,2,7-8,13-15H2,(H2,21,22,25). The van der Waals surface area contributed by atoms with E-state index < -0.39 is 6.04 Å². The smallest absolute Gasteiger partial charge is 0.319 e. The summed E-state index contributed by atoms with van der Waals surface area (Å²) in [5, 5.41) is 15.4. The maximum absolute atomic E-state index is 12.4. The van der Waals surface area contributed by atoms with Crippen LogP contribution in [0.25, 0.3) is 0 Å². The number of hydrogen-bond donors (Lipinski definition) is 3. The van der Waals surface area contributed by atoms with Crippen LogP contribution in [0.15, 0.2) is 54.6 Å². The van der Waals surface area contributed by atoms with E-state index in [4.69, 9.17) is 0 Å². The van der Waals surface area contributed by atoms with Crippen molar-refractivity contribution in [2.24, 2.45) is 0 Å². The van der Waals surface area contributed by atoms with E-state index in [1.807, 2.05) is 54.6 Å². The molecular weight excluding hydrogens is 314 g/mol. The second kappa shape index (κ2) is 8.53. The lowest BCUT2D eigenvalue weighted by Gasteiger charge is -2.30. The average molecular weight is 339 g/mol. The number of hydrogen-bond acceptors (Lipinski definition) is 3. The zero-order chi connectivity index (χ0) is 17.5. The van der Waals surface area contributed by atoms with Crippen LogP contribution in [0.2, 0.25) is 0 Å². The predicted molar refractivity (Wildman–Crippen MR) is 101 cm³/mol. The van der Waals surface area contributed by atoms with E-state index in [-0.39, 0.29) is 12.6 Å². The van der Waals surface area contributed by atoms with Crippen molar-refractivity contribution in [1.29, 1.82) is 0 Å². The van der Waals surface area contributed by atoms with Crippen LogP contribution in [-0.4, -0.2) is 30.8 Å². The van der Waals surface area contributed by atoms with Gasteiger partial charge in [-0.2, -0.15) is 0 Å². The van der Waals surface area contributed by atoms with Crippen LogP contribution < -0.4 is 15.5 Å². The third-order valence-electron chi connectivity index (χ3n) is 4.54. The minimum atomic E-state index is -0.427. The molecule has 2 aromatic rings. The summed E-state index contributed by atoms with van der Waals surface area (Å²) in [6, 6.07) is 16.6. The van der Waals surface area contributed by atoms with Gasteiger partial charge in [-0.15, -0.1) is 0 Å². The van der Waals surface area contributed by atoms with E-state index >= 15 is 0 Å². The molecule has 3 rings (SSSR count). The summed E-state index contributed by atoms with van der Waals surface area (Å²) in [5.74, 6) is 0. The van der Waals surface area contributed by atoms with Gasteiger partial charge >= 0.3 is 6.03 Å². The molecule has 1 fully saturated rings. The van der Waals surface area contributed by atoms with Crippen molar-refractivity contribution in [2.75, 3.05) is 29.9 Å². The second-order valence-electron chi connectivity index (χ2n) is 6.31. The molecule has 1 saturated heterocycles. The van der Waals surface area contributed by atoms with Gasteiger partial charge in [0.05, 0.1) is 24.0 Å². The molecule has 5 heteroatoms. The molecule has 0 spiro atoms. The Kier molecular flexibility index (Phi) is 5.90. The first kappa shape index (κ1) is 17.3. The van der Waals surface area contributed by atoms with Gasteiger partial charge in [-0.05, 0) is 37.0 Å². The maximum atomic E-state index is 12.4. The third kappa shape index (κ3) is 4.51. The molecule has 2 aromatic carbocycles. The maximum Gasteiger partial charge on any atom is 0.319 e. The van der Waals surface area contributed by atoms with Crippen LogP contribution in [0.1, 0.15) is 30.9 Å². The van der Waals surface area contributed by atoms with Crippen molar-refractivity contribution in [1.82, 2.24) is 5.32 Å². The summed E-state index contributed by atoms with van der Waals surface area (Å²) in [5.41, 5.74) is 2.73. The number of piperidine rings is 1. The lowest BCUT2D eigenvalue weighted by Crippen LogP contribution is -2.35. The Morgan fingerprint density at radius 2 is 1.68 bits per heavy atom. The molecule has 0 aliphatic carbocycles. The van der Waals surface area contributed by atoms with Gasteiger partial charge < -0.3 is 20.6 Å². The van der Waals surface area contributed by atoms with Gasteiger partial charge in [0.15, 0.2) is 0 Å². The molecule has 1 aliphatic heterocycles. The first-order valence-corrected chi connectivity index (χ1v) is 8.85. The highest BCUT2D eigenvalue weighted by atomic mass is 16.3. The molecule has 2 amide bonds. The van der Waals surface area contributed by atoms with Gasteiger partial charge in [-0.25, -0.2) is 4.79 Å². The normalized spacial score (nSPS) is 15.5. The highest BCUT2D eigenvalue weighted by molar-refractivity contribution is 5.93. The number of aliphatic hydroxyl groups is 1. The number of carbonyl (C=O) groups is 1. The van der Waals surface area contributed by atoms with Crippen molar-refractivity contribution in [3.63, 3.8) is 0 Å². The first-order chi connectivity index (χ1) is 12.3. The van der Waals surface area contributed by atoms with Crippen LogP contribution in [0.3, 0.4) is 0 Å². The zero-order valence-corrected chi connectivity index (χ0v) is 14.3. The van der Waals surface area contributed by atoms with Crippen LogP contribution in [0, 0.1) is 0 Å². The molecule has 25 heavy (non-hydrogen) atoms. The van der Waals surface area contributed by atoms with Crippen LogP contribution >= 0.6 is 0 Å². The highest BCUT2D eigenvalue weighted by Gasteiger charge is 2.17. The van der Waals surface area contributed by atoms with Crippen molar-refractivity contribution < 1.29 is 9.90 Å². The van der Waals surface area contributed by atoms with Crippen LogP contribution in [-0.2, 0) is 0 Å². The fourth-order valence-electron chi connectivity index (χ4n) is 3.23. The molecule has 0 radical (unpaired) electrons. The van der Waals surface area contributed by atoms with Gasteiger partial charge in [-0.1, -0.05) is 42.5 Å². The number of nitrogens with zero attached hydrogens (tertiary/aromatic N) is 1. The van der Waals surface area contributed by atoms with Gasteiger partial charge in [0, 0.05) is 13.1 Å². The number of amides is 2.